The standard InChI is InChI=1S/C27H23FN4O3/c1-14-12-18(16(3)30-21-11-7-10-20(28)22(21)26-31-32-27(29)35-26)25-19(13-14)23(33)15(2)24(34-25)17-8-5-4-6-9-17/h4-13,16,30H,1-3H3,(H2,29,32). The molecule has 3 aromatic carbocycles. The summed E-state index contributed by atoms with van der Waals surface area (Å²) in [5, 5.41) is 11.3. The molecule has 1 atom stereocenters. The number of nitrogen functional groups attached to an aromatic ring is 1. The lowest BCUT2D eigenvalue weighted by Crippen LogP contribution is -2.13. The number of aromatic nitrogens is 2. The second kappa shape index (κ2) is 8.72. The normalized spacial score (nSPS) is 12.1. The zero-order valence-electron chi connectivity index (χ0n) is 19.4. The number of nitrogens with one attached hydrogen (secondary N) is 1. The molecule has 5 rings (SSSR count). The zero-order valence-corrected chi connectivity index (χ0v) is 19.4. The number of hydrogen-bond donors (Lipinski definition) is 2. The largest absolute Gasteiger partial charge is 0.455 e. The van der Waals surface area contributed by atoms with Crippen molar-refractivity contribution < 1.29 is 13.2 Å². The van der Waals surface area contributed by atoms with Gasteiger partial charge >= 0.3 is 6.01 Å². The van der Waals surface area contributed by atoms with Crippen LogP contribution >= 0.6 is 0 Å². The first kappa shape index (κ1) is 22.3. The van der Waals surface area contributed by atoms with Crippen LogP contribution in [0.4, 0.5) is 16.1 Å². The van der Waals surface area contributed by atoms with Gasteiger partial charge in [-0.3, -0.25) is 4.79 Å². The SMILES string of the molecule is Cc1cc(C(C)Nc2cccc(F)c2-c2nnc(N)o2)c2oc(-c3ccccc3)c(C)c(=O)c2c1. The minimum atomic E-state index is -0.534. The minimum absolute atomic E-state index is 0.0297. The van der Waals surface area contributed by atoms with Crippen LogP contribution in [0.2, 0.25) is 0 Å². The maximum Gasteiger partial charge on any atom is 0.313 e. The smallest absolute Gasteiger partial charge is 0.313 e. The lowest BCUT2D eigenvalue weighted by atomic mass is 9.98. The number of benzene rings is 3. The first-order chi connectivity index (χ1) is 16.8. The molecule has 0 spiro atoms. The van der Waals surface area contributed by atoms with E-state index in [2.05, 4.69) is 15.5 Å². The molecule has 7 nitrogen and oxygen atoms in total. The van der Waals surface area contributed by atoms with E-state index in [1.165, 1.54) is 6.07 Å². The lowest BCUT2D eigenvalue weighted by Gasteiger charge is -2.20. The van der Waals surface area contributed by atoms with Gasteiger partial charge in [0, 0.05) is 16.7 Å². The summed E-state index contributed by atoms with van der Waals surface area (Å²) < 4.78 is 26.4. The van der Waals surface area contributed by atoms with Gasteiger partial charge in [0.15, 0.2) is 5.43 Å². The summed E-state index contributed by atoms with van der Waals surface area (Å²) in [5.74, 6) is -0.0421. The molecular weight excluding hydrogens is 447 g/mol. The Morgan fingerprint density at radius 3 is 2.49 bits per heavy atom. The predicted octanol–water partition coefficient (Wildman–Crippen LogP) is 6.02. The summed E-state index contributed by atoms with van der Waals surface area (Å²) in [7, 11) is 0. The number of anilines is 2. The van der Waals surface area contributed by atoms with E-state index in [0.29, 0.717) is 28.0 Å². The summed E-state index contributed by atoms with van der Waals surface area (Å²) in [5.41, 5.74) is 9.52. The van der Waals surface area contributed by atoms with Gasteiger partial charge in [0.2, 0.25) is 0 Å². The Hall–Kier alpha value is -4.46. The molecule has 5 aromatic rings. The second-order valence-corrected chi connectivity index (χ2v) is 8.46. The average Bonchev–Trinajstić information content (AvgIpc) is 3.27. The molecule has 2 heterocycles. The molecule has 176 valence electrons. The van der Waals surface area contributed by atoms with Crippen molar-refractivity contribution in [3.8, 4) is 22.8 Å². The van der Waals surface area contributed by atoms with Gasteiger partial charge in [-0.05, 0) is 44.5 Å². The highest BCUT2D eigenvalue weighted by atomic mass is 19.1. The Bertz CT molecular complexity index is 1610. The molecule has 0 saturated carbocycles. The Morgan fingerprint density at radius 2 is 1.77 bits per heavy atom. The summed E-state index contributed by atoms with van der Waals surface area (Å²) in [6, 6.07) is 17.4. The van der Waals surface area contributed by atoms with Crippen LogP contribution in [0.1, 0.15) is 29.7 Å². The number of nitrogens with two attached hydrogens (primary N) is 1. The monoisotopic (exact) mass is 470 g/mol. The first-order valence-corrected chi connectivity index (χ1v) is 11.1. The molecule has 0 aliphatic carbocycles. The molecule has 2 aromatic heterocycles. The third-order valence-electron chi connectivity index (χ3n) is 5.93. The van der Waals surface area contributed by atoms with E-state index in [4.69, 9.17) is 14.6 Å². The molecule has 0 saturated heterocycles. The van der Waals surface area contributed by atoms with Gasteiger partial charge in [0.25, 0.3) is 5.89 Å². The quantitative estimate of drug-likeness (QED) is 0.323. The summed E-state index contributed by atoms with van der Waals surface area (Å²) in [4.78, 5) is 13.3. The van der Waals surface area contributed by atoms with Crippen LogP contribution in [0.25, 0.3) is 33.7 Å². The summed E-state index contributed by atoms with van der Waals surface area (Å²) in [6.45, 7) is 5.60. The molecule has 0 radical (unpaired) electrons. The zero-order chi connectivity index (χ0) is 24.7. The second-order valence-electron chi connectivity index (χ2n) is 8.46. The number of aryl methyl sites for hydroxylation is 1. The Balaban J connectivity index is 1.65. The maximum absolute atomic E-state index is 14.8. The highest BCUT2D eigenvalue weighted by Crippen LogP contribution is 2.35. The lowest BCUT2D eigenvalue weighted by molar-refractivity contribution is 0.575. The topological polar surface area (TPSA) is 107 Å². The fourth-order valence-corrected chi connectivity index (χ4v) is 4.26. The number of hydrogen-bond acceptors (Lipinski definition) is 7. The van der Waals surface area contributed by atoms with Crippen molar-refractivity contribution in [3.05, 3.63) is 93.4 Å². The molecule has 3 N–H and O–H groups in total. The summed E-state index contributed by atoms with van der Waals surface area (Å²) in [6.07, 6.45) is 0. The Morgan fingerprint density at radius 1 is 1.00 bits per heavy atom. The van der Waals surface area contributed by atoms with E-state index >= 15 is 0 Å². The van der Waals surface area contributed by atoms with Crippen molar-refractivity contribution in [3.63, 3.8) is 0 Å². The van der Waals surface area contributed by atoms with Crippen LogP contribution in [0, 0.1) is 19.7 Å². The first-order valence-electron chi connectivity index (χ1n) is 11.1. The Labute approximate surface area is 200 Å². The van der Waals surface area contributed by atoms with E-state index in [0.717, 1.165) is 16.7 Å². The molecule has 8 heteroatoms. The van der Waals surface area contributed by atoms with Gasteiger partial charge in [-0.1, -0.05) is 47.6 Å². The average molecular weight is 471 g/mol. The van der Waals surface area contributed by atoms with Crippen molar-refractivity contribution in [1.29, 1.82) is 0 Å². The van der Waals surface area contributed by atoms with E-state index in [-0.39, 0.29) is 28.9 Å². The number of halogens is 1. The molecular formula is C27H23FN4O3. The number of nitrogens with zero attached hydrogens (tertiary/aromatic N) is 2. The van der Waals surface area contributed by atoms with Crippen molar-refractivity contribution in [2.24, 2.45) is 0 Å². The number of rotatable bonds is 5. The molecule has 0 amide bonds. The highest BCUT2D eigenvalue weighted by molar-refractivity contribution is 5.85. The van der Waals surface area contributed by atoms with Crippen LogP contribution in [0.5, 0.6) is 0 Å². The van der Waals surface area contributed by atoms with E-state index in [1.54, 1.807) is 19.1 Å². The van der Waals surface area contributed by atoms with Crippen molar-refractivity contribution >= 4 is 22.7 Å². The van der Waals surface area contributed by atoms with E-state index in [1.807, 2.05) is 56.3 Å². The van der Waals surface area contributed by atoms with Crippen LogP contribution in [-0.2, 0) is 0 Å². The van der Waals surface area contributed by atoms with Gasteiger partial charge in [0.05, 0.1) is 22.7 Å². The molecule has 0 aliphatic heterocycles. The van der Waals surface area contributed by atoms with Gasteiger partial charge in [-0.15, -0.1) is 5.10 Å². The molecule has 0 bridgehead atoms. The maximum atomic E-state index is 14.8. The van der Waals surface area contributed by atoms with Crippen molar-refractivity contribution in [1.82, 2.24) is 10.2 Å². The third kappa shape index (κ3) is 4.03. The van der Waals surface area contributed by atoms with Crippen LogP contribution in [0.15, 0.2) is 74.3 Å². The Kier molecular flexibility index (Phi) is 5.56. The molecule has 0 aliphatic rings. The van der Waals surface area contributed by atoms with E-state index in [9.17, 15) is 9.18 Å². The van der Waals surface area contributed by atoms with E-state index < -0.39 is 5.82 Å². The van der Waals surface area contributed by atoms with Crippen LogP contribution in [0.3, 0.4) is 0 Å². The van der Waals surface area contributed by atoms with Gasteiger partial charge in [-0.2, -0.15) is 0 Å². The molecule has 1 unspecified atom stereocenters. The fraction of sp³-hybridized carbons (Fsp3) is 0.148. The fourth-order valence-electron chi connectivity index (χ4n) is 4.26. The highest BCUT2D eigenvalue weighted by Gasteiger charge is 2.22. The minimum Gasteiger partial charge on any atom is -0.455 e. The van der Waals surface area contributed by atoms with Gasteiger partial charge < -0.3 is 19.9 Å². The third-order valence-corrected chi connectivity index (χ3v) is 5.93. The van der Waals surface area contributed by atoms with Crippen LogP contribution in [-0.4, -0.2) is 10.2 Å². The molecule has 35 heavy (non-hydrogen) atoms. The van der Waals surface area contributed by atoms with Crippen molar-refractivity contribution in [2.45, 2.75) is 26.8 Å². The van der Waals surface area contributed by atoms with Crippen LogP contribution < -0.4 is 16.5 Å². The van der Waals surface area contributed by atoms with Crippen molar-refractivity contribution in [2.75, 3.05) is 11.1 Å². The molecule has 0 fully saturated rings. The van der Waals surface area contributed by atoms with Gasteiger partial charge in [-0.25, -0.2) is 4.39 Å². The summed E-state index contributed by atoms with van der Waals surface area (Å²) >= 11 is 0. The predicted molar refractivity (Wildman–Crippen MR) is 134 cm³/mol. The number of fused-ring (bicyclic) bond motifs is 1. The van der Waals surface area contributed by atoms with Gasteiger partial charge in [0.1, 0.15) is 17.2 Å².